The van der Waals surface area contributed by atoms with E-state index in [4.69, 9.17) is 4.74 Å². The molecule has 3 heteroatoms. The van der Waals surface area contributed by atoms with E-state index in [9.17, 15) is 4.79 Å². The Labute approximate surface area is 71.7 Å². The van der Waals surface area contributed by atoms with Crippen LogP contribution in [-0.4, -0.2) is 23.6 Å². The molecule has 2 atom stereocenters. The summed E-state index contributed by atoms with van der Waals surface area (Å²) in [5, 5.41) is 0.713. The number of rotatable bonds is 1. The van der Waals surface area contributed by atoms with Gasteiger partial charge in [-0.25, -0.2) is 0 Å². The van der Waals surface area contributed by atoms with Crippen LogP contribution in [0.2, 0.25) is 0 Å². The Hall–Kier alpha value is -0.0200. The standard InChI is InChI=1S/C8H14O2S/c1-6-5-10-4-3-8(6)11-7(2)9/h6,8H,3-5H2,1-2H3/t6-,8-/m0/s1. The Morgan fingerprint density at radius 2 is 2.36 bits per heavy atom. The van der Waals surface area contributed by atoms with Crippen molar-refractivity contribution in [2.45, 2.75) is 25.5 Å². The van der Waals surface area contributed by atoms with E-state index in [0.29, 0.717) is 11.2 Å². The first-order valence-electron chi connectivity index (χ1n) is 3.95. The highest BCUT2D eigenvalue weighted by atomic mass is 32.2. The molecule has 0 saturated carbocycles. The van der Waals surface area contributed by atoms with Crippen LogP contribution in [0.1, 0.15) is 20.3 Å². The minimum Gasteiger partial charge on any atom is -0.381 e. The molecule has 0 N–H and O–H groups in total. The second kappa shape index (κ2) is 4.12. The van der Waals surface area contributed by atoms with Gasteiger partial charge in [0, 0.05) is 18.8 Å². The lowest BCUT2D eigenvalue weighted by atomic mass is 10.0. The van der Waals surface area contributed by atoms with E-state index in [1.807, 2.05) is 0 Å². The Kier molecular flexibility index (Phi) is 3.40. The van der Waals surface area contributed by atoms with Crippen molar-refractivity contribution in [1.82, 2.24) is 0 Å². The molecule has 2 nitrogen and oxygen atoms in total. The quantitative estimate of drug-likeness (QED) is 0.605. The number of hydrogen-bond donors (Lipinski definition) is 0. The Morgan fingerprint density at radius 1 is 1.64 bits per heavy atom. The van der Waals surface area contributed by atoms with Crippen LogP contribution < -0.4 is 0 Å². The van der Waals surface area contributed by atoms with Crippen LogP contribution in [0.3, 0.4) is 0 Å². The zero-order valence-corrected chi connectivity index (χ0v) is 7.82. The van der Waals surface area contributed by atoms with Gasteiger partial charge < -0.3 is 4.74 Å². The van der Waals surface area contributed by atoms with Crippen molar-refractivity contribution in [3.63, 3.8) is 0 Å². The number of carbonyl (C=O) groups is 1. The molecule has 1 fully saturated rings. The molecule has 64 valence electrons. The molecular weight excluding hydrogens is 160 g/mol. The minimum atomic E-state index is 0.226. The van der Waals surface area contributed by atoms with Crippen molar-refractivity contribution < 1.29 is 9.53 Å². The fourth-order valence-corrected chi connectivity index (χ4v) is 2.20. The maximum Gasteiger partial charge on any atom is 0.186 e. The smallest absolute Gasteiger partial charge is 0.186 e. The van der Waals surface area contributed by atoms with Crippen molar-refractivity contribution in [2.75, 3.05) is 13.2 Å². The van der Waals surface area contributed by atoms with Crippen LogP contribution in [0.25, 0.3) is 0 Å². The molecule has 0 radical (unpaired) electrons. The third-order valence-corrected chi connectivity index (χ3v) is 3.21. The summed E-state index contributed by atoms with van der Waals surface area (Å²) in [5.41, 5.74) is 0. The third kappa shape index (κ3) is 2.83. The fourth-order valence-electron chi connectivity index (χ4n) is 1.25. The zero-order valence-electron chi connectivity index (χ0n) is 7.00. The number of ether oxygens (including phenoxy) is 1. The third-order valence-electron chi connectivity index (χ3n) is 1.88. The Bertz CT molecular complexity index is 147. The molecule has 1 aliphatic rings. The van der Waals surface area contributed by atoms with Crippen molar-refractivity contribution in [2.24, 2.45) is 5.92 Å². The Balaban J connectivity index is 2.35. The molecule has 1 aliphatic heterocycles. The molecule has 0 aliphatic carbocycles. The highest BCUT2D eigenvalue weighted by Gasteiger charge is 2.23. The summed E-state index contributed by atoms with van der Waals surface area (Å²) < 4.78 is 5.27. The molecule has 0 bridgehead atoms. The van der Waals surface area contributed by atoms with Gasteiger partial charge in [-0.2, -0.15) is 0 Å². The monoisotopic (exact) mass is 174 g/mol. The van der Waals surface area contributed by atoms with E-state index >= 15 is 0 Å². The van der Waals surface area contributed by atoms with Crippen LogP contribution >= 0.6 is 11.8 Å². The largest absolute Gasteiger partial charge is 0.381 e. The predicted molar refractivity (Wildman–Crippen MR) is 46.7 cm³/mol. The first-order chi connectivity index (χ1) is 5.20. The maximum atomic E-state index is 10.8. The normalized spacial score (nSPS) is 31.8. The van der Waals surface area contributed by atoms with Gasteiger partial charge in [-0.3, -0.25) is 4.79 Å². The molecule has 0 aromatic heterocycles. The van der Waals surface area contributed by atoms with Gasteiger partial charge in [0.15, 0.2) is 5.12 Å². The molecule has 0 unspecified atom stereocenters. The lowest BCUT2D eigenvalue weighted by molar-refractivity contribution is -0.109. The van der Waals surface area contributed by atoms with Crippen molar-refractivity contribution in [1.29, 1.82) is 0 Å². The lowest BCUT2D eigenvalue weighted by Crippen LogP contribution is -2.28. The summed E-state index contributed by atoms with van der Waals surface area (Å²) in [6.07, 6.45) is 1.02. The molecule has 0 spiro atoms. The summed E-state index contributed by atoms with van der Waals surface area (Å²) in [5.74, 6) is 0.526. The van der Waals surface area contributed by atoms with Crippen LogP contribution in [0.4, 0.5) is 0 Å². The lowest BCUT2D eigenvalue weighted by Gasteiger charge is -2.27. The van der Waals surface area contributed by atoms with Crippen LogP contribution in [-0.2, 0) is 9.53 Å². The molecule has 11 heavy (non-hydrogen) atoms. The number of thioether (sulfide) groups is 1. The van der Waals surface area contributed by atoms with Crippen molar-refractivity contribution in [3.05, 3.63) is 0 Å². The highest BCUT2D eigenvalue weighted by Crippen LogP contribution is 2.26. The van der Waals surface area contributed by atoms with E-state index in [1.165, 1.54) is 11.8 Å². The second-order valence-corrected chi connectivity index (χ2v) is 4.40. The molecule has 0 aromatic carbocycles. The SMILES string of the molecule is CC(=O)S[C@H]1CCOC[C@@H]1C. The van der Waals surface area contributed by atoms with Gasteiger partial charge in [-0.1, -0.05) is 18.7 Å². The van der Waals surface area contributed by atoms with E-state index in [2.05, 4.69) is 6.92 Å². The Morgan fingerprint density at radius 3 is 2.91 bits per heavy atom. The van der Waals surface area contributed by atoms with Gasteiger partial charge in [0.2, 0.25) is 0 Å². The molecule has 1 heterocycles. The van der Waals surface area contributed by atoms with Gasteiger partial charge in [0.05, 0.1) is 6.61 Å². The zero-order chi connectivity index (χ0) is 8.27. The van der Waals surface area contributed by atoms with E-state index in [-0.39, 0.29) is 5.12 Å². The first kappa shape index (κ1) is 9.07. The van der Waals surface area contributed by atoms with Gasteiger partial charge in [0.25, 0.3) is 0 Å². The highest BCUT2D eigenvalue weighted by molar-refractivity contribution is 8.14. The summed E-state index contributed by atoms with van der Waals surface area (Å²) in [7, 11) is 0. The fraction of sp³-hybridized carbons (Fsp3) is 0.875. The molecule has 1 rings (SSSR count). The van der Waals surface area contributed by atoms with Crippen LogP contribution in [0.15, 0.2) is 0 Å². The van der Waals surface area contributed by atoms with E-state index in [1.54, 1.807) is 6.92 Å². The van der Waals surface area contributed by atoms with Gasteiger partial charge in [0.1, 0.15) is 0 Å². The minimum absolute atomic E-state index is 0.226. The average Bonchev–Trinajstić information content (AvgIpc) is 1.93. The molecule has 0 aromatic rings. The van der Waals surface area contributed by atoms with E-state index in [0.717, 1.165) is 19.6 Å². The van der Waals surface area contributed by atoms with Gasteiger partial charge in [-0.05, 0) is 12.3 Å². The van der Waals surface area contributed by atoms with E-state index < -0.39 is 0 Å². The molecule has 1 saturated heterocycles. The second-order valence-electron chi connectivity index (χ2n) is 2.99. The molecular formula is C8H14O2S. The molecule has 0 amide bonds. The topological polar surface area (TPSA) is 26.3 Å². The number of hydrogen-bond acceptors (Lipinski definition) is 3. The van der Waals surface area contributed by atoms with Gasteiger partial charge >= 0.3 is 0 Å². The van der Waals surface area contributed by atoms with Crippen LogP contribution in [0.5, 0.6) is 0 Å². The average molecular weight is 174 g/mol. The first-order valence-corrected chi connectivity index (χ1v) is 4.83. The maximum absolute atomic E-state index is 10.8. The number of carbonyl (C=O) groups excluding carboxylic acids is 1. The van der Waals surface area contributed by atoms with Crippen molar-refractivity contribution in [3.8, 4) is 0 Å². The van der Waals surface area contributed by atoms with Crippen LogP contribution in [0, 0.1) is 5.92 Å². The summed E-state index contributed by atoms with van der Waals surface area (Å²) in [4.78, 5) is 10.8. The summed E-state index contributed by atoms with van der Waals surface area (Å²) >= 11 is 1.46. The predicted octanol–water partition coefficient (Wildman–Crippen LogP) is 1.69. The van der Waals surface area contributed by atoms with Crippen molar-refractivity contribution >= 4 is 16.9 Å². The van der Waals surface area contributed by atoms with Gasteiger partial charge in [-0.15, -0.1) is 0 Å². The summed E-state index contributed by atoms with van der Waals surface area (Å²) in [6.45, 7) is 5.40. The summed E-state index contributed by atoms with van der Waals surface area (Å²) in [6, 6.07) is 0.